The van der Waals surface area contributed by atoms with Crippen molar-refractivity contribution in [3.05, 3.63) is 21.9 Å². The zero-order valence-corrected chi connectivity index (χ0v) is 14.4. The van der Waals surface area contributed by atoms with E-state index in [4.69, 9.17) is 4.74 Å². The number of hydrogen-bond donors (Lipinski definition) is 0. The van der Waals surface area contributed by atoms with Crippen LogP contribution in [0, 0.1) is 0 Å². The molecule has 0 aromatic carbocycles. The Hall–Kier alpha value is -0.340. The second-order valence-electron chi connectivity index (χ2n) is 5.78. The molecular weight excluding hydrogens is 264 g/mol. The molecule has 1 aromatic rings. The van der Waals surface area contributed by atoms with Crippen molar-refractivity contribution in [1.29, 1.82) is 0 Å². The maximum Gasteiger partial charge on any atom is 0.0805 e. The summed E-state index contributed by atoms with van der Waals surface area (Å²) in [6.45, 7) is 5.35. The first-order valence-corrected chi connectivity index (χ1v) is 9.21. The van der Waals surface area contributed by atoms with Crippen LogP contribution in [0.15, 0.2) is 12.1 Å². The van der Waals surface area contributed by atoms with Crippen molar-refractivity contribution in [3.63, 3.8) is 0 Å². The summed E-state index contributed by atoms with van der Waals surface area (Å²) in [6.07, 6.45) is 12.4. The first kappa shape index (κ1) is 17.7. The maximum atomic E-state index is 5.24. The van der Waals surface area contributed by atoms with E-state index in [1.165, 1.54) is 62.7 Å². The SMILES string of the molecule is CCCCCCCC(CCCC)c1ccc(COC)s1. The van der Waals surface area contributed by atoms with E-state index < -0.39 is 0 Å². The summed E-state index contributed by atoms with van der Waals surface area (Å²) in [5.41, 5.74) is 0. The quantitative estimate of drug-likeness (QED) is 0.398. The monoisotopic (exact) mass is 296 g/mol. The van der Waals surface area contributed by atoms with Gasteiger partial charge in [-0.2, -0.15) is 0 Å². The highest BCUT2D eigenvalue weighted by Gasteiger charge is 2.13. The minimum Gasteiger partial charge on any atom is -0.379 e. The molecule has 1 heterocycles. The lowest BCUT2D eigenvalue weighted by molar-refractivity contribution is 0.187. The Balaban J connectivity index is 2.44. The lowest BCUT2D eigenvalue weighted by Crippen LogP contribution is -1.97. The Labute approximate surface area is 129 Å². The molecule has 0 N–H and O–H groups in total. The van der Waals surface area contributed by atoms with E-state index in [0.717, 1.165) is 12.5 Å². The molecule has 0 saturated carbocycles. The molecule has 0 radical (unpaired) electrons. The van der Waals surface area contributed by atoms with Gasteiger partial charge >= 0.3 is 0 Å². The summed E-state index contributed by atoms with van der Waals surface area (Å²) < 4.78 is 5.24. The van der Waals surface area contributed by atoms with Crippen LogP contribution in [0.4, 0.5) is 0 Å². The molecular formula is C18H32OS. The van der Waals surface area contributed by atoms with Crippen molar-refractivity contribution in [2.75, 3.05) is 7.11 Å². The second-order valence-corrected chi connectivity index (χ2v) is 6.98. The van der Waals surface area contributed by atoms with Gasteiger partial charge in [0.15, 0.2) is 0 Å². The Morgan fingerprint density at radius 3 is 2.35 bits per heavy atom. The van der Waals surface area contributed by atoms with Crippen molar-refractivity contribution in [2.45, 2.75) is 84.2 Å². The minimum absolute atomic E-state index is 0.766. The van der Waals surface area contributed by atoms with Gasteiger partial charge in [-0.1, -0.05) is 58.8 Å². The van der Waals surface area contributed by atoms with Gasteiger partial charge in [-0.15, -0.1) is 11.3 Å². The minimum atomic E-state index is 0.766. The molecule has 1 unspecified atom stereocenters. The molecule has 0 aliphatic carbocycles. The number of rotatable bonds is 12. The molecule has 20 heavy (non-hydrogen) atoms. The molecule has 0 aliphatic rings. The Kier molecular flexibility index (Phi) is 10.0. The molecule has 1 atom stereocenters. The van der Waals surface area contributed by atoms with Crippen LogP contribution < -0.4 is 0 Å². The summed E-state index contributed by atoms with van der Waals surface area (Å²) in [5, 5.41) is 0. The summed E-state index contributed by atoms with van der Waals surface area (Å²) >= 11 is 1.96. The standard InChI is InChI=1S/C18H32OS/c1-4-6-8-9-10-12-16(11-7-5-2)18-14-13-17(20-18)15-19-3/h13-14,16H,4-12,15H2,1-3H3. The van der Waals surface area contributed by atoms with Gasteiger partial charge in [0.2, 0.25) is 0 Å². The summed E-state index contributed by atoms with van der Waals surface area (Å²) in [7, 11) is 1.78. The van der Waals surface area contributed by atoms with E-state index in [9.17, 15) is 0 Å². The van der Waals surface area contributed by atoms with Crippen molar-refractivity contribution in [2.24, 2.45) is 0 Å². The average molecular weight is 297 g/mol. The molecule has 116 valence electrons. The third-order valence-electron chi connectivity index (χ3n) is 3.93. The lowest BCUT2D eigenvalue weighted by Gasteiger charge is -2.15. The first-order valence-electron chi connectivity index (χ1n) is 8.39. The van der Waals surface area contributed by atoms with E-state index in [2.05, 4.69) is 26.0 Å². The van der Waals surface area contributed by atoms with Gasteiger partial charge in [-0.3, -0.25) is 0 Å². The van der Waals surface area contributed by atoms with Gasteiger partial charge in [0, 0.05) is 16.9 Å². The molecule has 0 saturated heterocycles. The highest BCUT2D eigenvalue weighted by Crippen LogP contribution is 2.33. The predicted octanol–water partition coefficient (Wildman–Crippen LogP) is 6.53. The highest BCUT2D eigenvalue weighted by atomic mass is 32.1. The lowest BCUT2D eigenvalue weighted by atomic mass is 9.94. The molecule has 0 bridgehead atoms. The molecule has 0 amide bonds. The summed E-state index contributed by atoms with van der Waals surface area (Å²) in [5.74, 6) is 0.784. The molecule has 1 nitrogen and oxygen atoms in total. The van der Waals surface area contributed by atoms with Crippen LogP contribution in [0.1, 0.15) is 87.3 Å². The molecule has 2 heteroatoms. The zero-order chi connectivity index (χ0) is 14.6. The normalized spacial score (nSPS) is 12.8. The van der Waals surface area contributed by atoms with Crippen LogP contribution in [0.5, 0.6) is 0 Å². The molecule has 1 aromatic heterocycles. The Bertz CT molecular complexity index is 332. The van der Waals surface area contributed by atoms with Crippen molar-refractivity contribution < 1.29 is 4.74 Å². The van der Waals surface area contributed by atoms with Gasteiger partial charge in [-0.05, 0) is 30.9 Å². The van der Waals surface area contributed by atoms with E-state index in [-0.39, 0.29) is 0 Å². The second kappa shape index (κ2) is 11.3. The predicted molar refractivity (Wildman–Crippen MR) is 90.7 cm³/mol. The van der Waals surface area contributed by atoms with Crippen molar-refractivity contribution in [3.8, 4) is 0 Å². The fraction of sp³-hybridized carbons (Fsp3) is 0.778. The van der Waals surface area contributed by atoms with Crippen LogP contribution in [-0.4, -0.2) is 7.11 Å². The fourth-order valence-electron chi connectivity index (χ4n) is 2.71. The van der Waals surface area contributed by atoms with E-state index in [1.54, 1.807) is 12.0 Å². The third kappa shape index (κ3) is 6.90. The Morgan fingerprint density at radius 1 is 0.950 bits per heavy atom. The third-order valence-corrected chi connectivity index (χ3v) is 5.15. The van der Waals surface area contributed by atoms with Crippen LogP contribution in [0.3, 0.4) is 0 Å². The largest absolute Gasteiger partial charge is 0.379 e. The van der Waals surface area contributed by atoms with Crippen molar-refractivity contribution >= 4 is 11.3 Å². The van der Waals surface area contributed by atoms with Crippen LogP contribution in [-0.2, 0) is 11.3 Å². The van der Waals surface area contributed by atoms with Gasteiger partial charge in [0.25, 0.3) is 0 Å². The summed E-state index contributed by atoms with van der Waals surface area (Å²) in [4.78, 5) is 2.95. The molecule has 0 fully saturated rings. The van der Waals surface area contributed by atoms with Gasteiger partial charge < -0.3 is 4.74 Å². The van der Waals surface area contributed by atoms with E-state index >= 15 is 0 Å². The van der Waals surface area contributed by atoms with E-state index in [1.807, 2.05) is 11.3 Å². The Morgan fingerprint density at radius 2 is 1.65 bits per heavy atom. The number of methoxy groups -OCH3 is 1. The molecule has 1 rings (SSSR count). The number of thiophene rings is 1. The van der Waals surface area contributed by atoms with E-state index in [0.29, 0.717) is 0 Å². The van der Waals surface area contributed by atoms with Gasteiger partial charge in [0.05, 0.1) is 6.61 Å². The fourth-order valence-corrected chi connectivity index (χ4v) is 3.86. The summed E-state index contributed by atoms with van der Waals surface area (Å²) in [6, 6.07) is 4.59. The van der Waals surface area contributed by atoms with Crippen LogP contribution >= 0.6 is 11.3 Å². The van der Waals surface area contributed by atoms with Crippen molar-refractivity contribution in [1.82, 2.24) is 0 Å². The molecule has 0 aliphatic heterocycles. The van der Waals surface area contributed by atoms with Crippen LogP contribution in [0.25, 0.3) is 0 Å². The number of hydrogen-bond acceptors (Lipinski definition) is 2. The van der Waals surface area contributed by atoms with Crippen LogP contribution in [0.2, 0.25) is 0 Å². The zero-order valence-electron chi connectivity index (χ0n) is 13.6. The highest BCUT2D eigenvalue weighted by molar-refractivity contribution is 7.12. The molecule has 0 spiro atoms. The maximum absolute atomic E-state index is 5.24. The number of ether oxygens (including phenoxy) is 1. The topological polar surface area (TPSA) is 9.23 Å². The first-order chi connectivity index (χ1) is 9.81. The number of unbranched alkanes of at least 4 members (excludes halogenated alkanes) is 5. The van der Waals surface area contributed by atoms with Gasteiger partial charge in [-0.25, -0.2) is 0 Å². The average Bonchev–Trinajstić information content (AvgIpc) is 2.91. The van der Waals surface area contributed by atoms with Gasteiger partial charge in [0.1, 0.15) is 0 Å². The smallest absolute Gasteiger partial charge is 0.0805 e.